The van der Waals surface area contributed by atoms with Gasteiger partial charge < -0.3 is 10.1 Å². The van der Waals surface area contributed by atoms with Gasteiger partial charge in [-0.25, -0.2) is 4.68 Å². The Morgan fingerprint density at radius 2 is 1.88 bits per heavy atom. The molecule has 0 spiro atoms. The molecule has 2 aromatic carbocycles. The maximum Gasteiger partial charge on any atom is 0.387 e. The van der Waals surface area contributed by atoms with E-state index in [0.29, 0.717) is 17.1 Å². The van der Waals surface area contributed by atoms with E-state index < -0.39 is 6.61 Å². The van der Waals surface area contributed by atoms with E-state index in [2.05, 4.69) is 20.4 Å². The Bertz CT molecular complexity index is 923. The van der Waals surface area contributed by atoms with Crippen molar-refractivity contribution >= 4 is 11.6 Å². The predicted octanol–water partition coefficient (Wildman–Crippen LogP) is 3.74. The molecule has 3 aromatic rings. The van der Waals surface area contributed by atoms with E-state index in [4.69, 9.17) is 0 Å². The minimum Gasteiger partial charge on any atom is -0.435 e. The van der Waals surface area contributed by atoms with Gasteiger partial charge in [0, 0.05) is 5.69 Å². The molecule has 0 fully saturated rings. The number of amides is 1. The number of nitrogens with one attached hydrogen (secondary N) is 1. The number of nitrogens with zero attached hydrogens (tertiary/aromatic N) is 3. The fraction of sp³-hybridized carbons (Fsp3) is 0.167. The van der Waals surface area contributed by atoms with Crippen LogP contribution in [0.5, 0.6) is 5.75 Å². The van der Waals surface area contributed by atoms with Crippen molar-refractivity contribution in [1.29, 1.82) is 0 Å². The Balaban J connectivity index is 1.80. The van der Waals surface area contributed by atoms with Crippen LogP contribution in [-0.4, -0.2) is 27.5 Å². The van der Waals surface area contributed by atoms with Gasteiger partial charge in [0.15, 0.2) is 5.69 Å². The van der Waals surface area contributed by atoms with Crippen molar-refractivity contribution in [2.45, 2.75) is 20.5 Å². The molecule has 0 atom stereocenters. The number of ether oxygens (including phenoxy) is 1. The number of hydrogen-bond donors (Lipinski definition) is 1. The first-order chi connectivity index (χ1) is 12.4. The van der Waals surface area contributed by atoms with Crippen LogP contribution in [0, 0.1) is 13.8 Å². The highest BCUT2D eigenvalue weighted by Crippen LogP contribution is 2.19. The molecule has 1 heterocycles. The molecular formula is C18H16F2N4O2. The molecule has 6 nitrogen and oxygen atoms in total. The lowest BCUT2D eigenvalue weighted by Gasteiger charge is -2.07. The predicted molar refractivity (Wildman–Crippen MR) is 91.9 cm³/mol. The molecule has 0 aliphatic heterocycles. The summed E-state index contributed by atoms with van der Waals surface area (Å²) in [6, 6.07) is 13.3. The molecule has 1 aromatic heterocycles. The lowest BCUT2D eigenvalue weighted by molar-refractivity contribution is -0.0498. The summed E-state index contributed by atoms with van der Waals surface area (Å²) in [5.74, 6) is -0.337. The number of halogens is 2. The van der Waals surface area contributed by atoms with Crippen LogP contribution in [0.1, 0.15) is 21.7 Å². The van der Waals surface area contributed by atoms with Gasteiger partial charge in [-0.2, -0.15) is 8.78 Å². The molecule has 8 heteroatoms. The number of carbonyl (C=O) groups excluding carboxylic acids is 1. The SMILES string of the molecule is Cc1cccc(NC(=O)c2nnn(-c3ccc(OC(F)F)cc3)c2C)c1. The topological polar surface area (TPSA) is 69.0 Å². The first-order valence-electron chi connectivity index (χ1n) is 7.79. The number of anilines is 1. The first-order valence-corrected chi connectivity index (χ1v) is 7.79. The molecule has 1 N–H and O–H groups in total. The monoisotopic (exact) mass is 358 g/mol. The fourth-order valence-electron chi connectivity index (χ4n) is 2.47. The van der Waals surface area contributed by atoms with E-state index in [0.717, 1.165) is 5.56 Å². The van der Waals surface area contributed by atoms with Crippen LogP contribution in [0.15, 0.2) is 48.5 Å². The zero-order valence-corrected chi connectivity index (χ0v) is 14.1. The molecule has 0 aliphatic carbocycles. The molecule has 0 aliphatic rings. The van der Waals surface area contributed by atoms with E-state index in [-0.39, 0.29) is 17.4 Å². The number of carbonyl (C=O) groups is 1. The van der Waals surface area contributed by atoms with Crippen LogP contribution in [0.2, 0.25) is 0 Å². The Hall–Kier alpha value is -3.29. The second kappa shape index (κ2) is 7.30. The molecule has 0 unspecified atom stereocenters. The van der Waals surface area contributed by atoms with Gasteiger partial charge in [0.25, 0.3) is 5.91 Å². The Morgan fingerprint density at radius 3 is 2.54 bits per heavy atom. The zero-order valence-electron chi connectivity index (χ0n) is 14.1. The highest BCUT2D eigenvalue weighted by Gasteiger charge is 2.17. The molecule has 0 saturated heterocycles. The minimum absolute atomic E-state index is 0.0407. The summed E-state index contributed by atoms with van der Waals surface area (Å²) in [7, 11) is 0. The van der Waals surface area contributed by atoms with Crippen molar-refractivity contribution in [2.24, 2.45) is 0 Å². The van der Waals surface area contributed by atoms with Gasteiger partial charge in [0.2, 0.25) is 0 Å². The lowest BCUT2D eigenvalue weighted by Crippen LogP contribution is -2.14. The first kappa shape index (κ1) is 17.5. The zero-order chi connectivity index (χ0) is 18.7. The second-order valence-electron chi connectivity index (χ2n) is 5.63. The van der Waals surface area contributed by atoms with Crippen LogP contribution < -0.4 is 10.1 Å². The van der Waals surface area contributed by atoms with Crippen LogP contribution in [0.3, 0.4) is 0 Å². The summed E-state index contributed by atoms with van der Waals surface area (Å²) in [6.07, 6.45) is 0. The Labute approximate surface area is 148 Å². The maximum absolute atomic E-state index is 12.4. The minimum atomic E-state index is -2.88. The highest BCUT2D eigenvalue weighted by atomic mass is 19.3. The van der Waals surface area contributed by atoms with Gasteiger partial charge in [-0.15, -0.1) is 5.10 Å². The van der Waals surface area contributed by atoms with Crippen molar-refractivity contribution in [3.05, 3.63) is 65.5 Å². The highest BCUT2D eigenvalue weighted by molar-refractivity contribution is 6.03. The van der Waals surface area contributed by atoms with Crippen molar-refractivity contribution in [2.75, 3.05) is 5.32 Å². The average molecular weight is 358 g/mol. The molecule has 0 saturated carbocycles. The van der Waals surface area contributed by atoms with Crippen LogP contribution >= 0.6 is 0 Å². The fourth-order valence-corrected chi connectivity index (χ4v) is 2.47. The van der Waals surface area contributed by atoms with Crippen molar-refractivity contribution in [3.63, 3.8) is 0 Å². The summed E-state index contributed by atoms with van der Waals surface area (Å²) in [4.78, 5) is 12.4. The van der Waals surface area contributed by atoms with Crippen molar-refractivity contribution < 1.29 is 18.3 Å². The van der Waals surface area contributed by atoms with Crippen LogP contribution in [-0.2, 0) is 0 Å². The summed E-state index contributed by atoms with van der Waals surface area (Å²) < 4.78 is 30.2. The Kier molecular flexibility index (Phi) is 4.92. The van der Waals surface area contributed by atoms with Crippen LogP contribution in [0.4, 0.5) is 14.5 Å². The van der Waals surface area contributed by atoms with E-state index >= 15 is 0 Å². The van der Waals surface area contributed by atoms with E-state index in [9.17, 15) is 13.6 Å². The van der Waals surface area contributed by atoms with Gasteiger partial charge >= 0.3 is 6.61 Å². The standard InChI is InChI=1S/C18H16F2N4O2/c1-11-4-3-5-13(10-11)21-17(25)16-12(2)24(23-22-16)14-6-8-15(9-7-14)26-18(19)20/h3-10,18H,1-2H3,(H,21,25). The number of benzene rings is 2. The third-order valence-corrected chi connectivity index (χ3v) is 3.69. The number of hydrogen-bond acceptors (Lipinski definition) is 4. The smallest absolute Gasteiger partial charge is 0.387 e. The van der Waals surface area contributed by atoms with Gasteiger partial charge in [-0.05, 0) is 55.8 Å². The van der Waals surface area contributed by atoms with Gasteiger partial charge in [0.1, 0.15) is 5.75 Å². The second-order valence-corrected chi connectivity index (χ2v) is 5.63. The van der Waals surface area contributed by atoms with E-state index in [1.165, 1.54) is 16.8 Å². The maximum atomic E-state index is 12.4. The number of aromatic nitrogens is 3. The summed E-state index contributed by atoms with van der Waals surface area (Å²) in [5, 5.41) is 10.7. The third-order valence-electron chi connectivity index (χ3n) is 3.69. The molecule has 0 bridgehead atoms. The van der Waals surface area contributed by atoms with E-state index in [1.807, 2.05) is 25.1 Å². The molecule has 26 heavy (non-hydrogen) atoms. The Morgan fingerprint density at radius 1 is 1.15 bits per heavy atom. The largest absolute Gasteiger partial charge is 0.435 e. The van der Waals surface area contributed by atoms with Gasteiger partial charge in [-0.3, -0.25) is 4.79 Å². The van der Waals surface area contributed by atoms with Crippen molar-refractivity contribution in [3.8, 4) is 11.4 Å². The number of aryl methyl sites for hydroxylation is 1. The van der Waals surface area contributed by atoms with Crippen LogP contribution in [0.25, 0.3) is 5.69 Å². The van der Waals surface area contributed by atoms with E-state index in [1.54, 1.807) is 25.1 Å². The third kappa shape index (κ3) is 3.85. The summed E-state index contributed by atoms with van der Waals surface area (Å²) in [6.45, 7) is 0.749. The van der Waals surface area contributed by atoms with Crippen molar-refractivity contribution in [1.82, 2.24) is 15.0 Å². The van der Waals surface area contributed by atoms with Gasteiger partial charge in [-0.1, -0.05) is 17.3 Å². The lowest BCUT2D eigenvalue weighted by atomic mass is 10.2. The number of alkyl halides is 2. The summed E-state index contributed by atoms with van der Waals surface area (Å²) >= 11 is 0. The molecular weight excluding hydrogens is 342 g/mol. The quantitative estimate of drug-likeness (QED) is 0.754. The molecule has 1 amide bonds. The summed E-state index contributed by atoms with van der Waals surface area (Å²) in [5.41, 5.74) is 2.97. The number of rotatable bonds is 5. The van der Waals surface area contributed by atoms with Gasteiger partial charge in [0.05, 0.1) is 11.4 Å². The molecule has 3 rings (SSSR count). The average Bonchev–Trinajstić information content (AvgIpc) is 2.97. The molecule has 0 radical (unpaired) electrons. The molecule has 134 valence electrons. The normalized spacial score (nSPS) is 10.8.